The highest BCUT2D eigenvalue weighted by Gasteiger charge is 2.20. The molecule has 21 heavy (non-hydrogen) atoms. The van der Waals surface area contributed by atoms with Crippen molar-refractivity contribution >= 4 is 5.97 Å². The summed E-state index contributed by atoms with van der Waals surface area (Å²) in [5, 5.41) is 8.46. The summed E-state index contributed by atoms with van der Waals surface area (Å²) >= 11 is 0. The minimum absolute atomic E-state index is 0.127. The van der Waals surface area contributed by atoms with Gasteiger partial charge in [0.1, 0.15) is 0 Å². The average molecular weight is 294 g/mol. The highest BCUT2D eigenvalue weighted by Crippen LogP contribution is 2.18. The van der Waals surface area contributed by atoms with Gasteiger partial charge in [0.15, 0.2) is 0 Å². The molecule has 1 saturated heterocycles. The number of carboxylic acid groups (broad SMARTS) is 1. The molecule has 0 aromatic heterocycles. The monoisotopic (exact) mass is 294 g/mol. The Labute approximate surface area is 129 Å². The van der Waals surface area contributed by atoms with Crippen molar-refractivity contribution in [3.63, 3.8) is 0 Å². The van der Waals surface area contributed by atoms with Gasteiger partial charge in [0.25, 0.3) is 0 Å². The fraction of sp³-hybridized carbons (Fsp3) is 0.722. The maximum atomic E-state index is 10.3. The molecule has 1 N–H and O–H groups in total. The maximum Gasteiger partial charge on any atom is 0.307 e. The van der Waals surface area contributed by atoms with Crippen LogP contribution in [0.1, 0.15) is 70.6 Å². The van der Waals surface area contributed by atoms with Crippen LogP contribution in [-0.2, 0) is 9.53 Å². The summed E-state index contributed by atoms with van der Waals surface area (Å²) in [4.78, 5) is 10.3. The molecule has 0 aromatic carbocycles. The molecule has 0 saturated carbocycles. The van der Waals surface area contributed by atoms with E-state index >= 15 is 0 Å². The zero-order valence-electron chi connectivity index (χ0n) is 13.1. The Kier molecular flexibility index (Phi) is 10.8. The van der Waals surface area contributed by atoms with Crippen molar-refractivity contribution in [2.45, 2.75) is 76.7 Å². The van der Waals surface area contributed by atoms with Gasteiger partial charge in [0.2, 0.25) is 0 Å². The molecule has 3 nitrogen and oxygen atoms in total. The number of carboxylic acids is 1. The zero-order valence-corrected chi connectivity index (χ0v) is 13.1. The van der Waals surface area contributed by atoms with Gasteiger partial charge in [0, 0.05) is 0 Å². The number of aliphatic carboxylic acids is 1. The third-order valence-corrected chi connectivity index (χ3v) is 3.70. The Hall–Kier alpha value is -1.09. The van der Waals surface area contributed by atoms with Gasteiger partial charge in [-0.05, 0) is 25.7 Å². The van der Waals surface area contributed by atoms with Crippen molar-refractivity contribution < 1.29 is 14.6 Å². The summed E-state index contributed by atoms with van der Waals surface area (Å²) in [6.07, 6.45) is 21.3. The topological polar surface area (TPSA) is 49.8 Å². The van der Waals surface area contributed by atoms with Gasteiger partial charge in [-0.25, -0.2) is 0 Å². The maximum absolute atomic E-state index is 10.3. The number of unbranched alkanes of at least 4 members (excludes halogenated alkanes) is 7. The van der Waals surface area contributed by atoms with E-state index in [1.54, 1.807) is 6.08 Å². The number of epoxide rings is 1. The van der Waals surface area contributed by atoms with Crippen molar-refractivity contribution in [3.8, 4) is 0 Å². The normalized spacial score (nSPS) is 17.8. The van der Waals surface area contributed by atoms with Gasteiger partial charge in [0.05, 0.1) is 19.1 Å². The van der Waals surface area contributed by atoms with Crippen LogP contribution in [0.3, 0.4) is 0 Å². The average Bonchev–Trinajstić information content (AvgIpc) is 3.27. The quantitative estimate of drug-likeness (QED) is 0.282. The smallest absolute Gasteiger partial charge is 0.307 e. The fourth-order valence-electron chi connectivity index (χ4n) is 2.33. The van der Waals surface area contributed by atoms with Crippen LogP contribution < -0.4 is 0 Å². The molecule has 1 aliphatic rings. The fourth-order valence-corrected chi connectivity index (χ4v) is 2.33. The molecule has 1 fully saturated rings. The van der Waals surface area contributed by atoms with E-state index in [2.05, 4.69) is 12.2 Å². The molecule has 0 bridgehead atoms. The van der Waals surface area contributed by atoms with Gasteiger partial charge < -0.3 is 9.84 Å². The van der Waals surface area contributed by atoms with Crippen LogP contribution in [0.15, 0.2) is 24.3 Å². The highest BCUT2D eigenvalue weighted by molar-refractivity contribution is 5.68. The van der Waals surface area contributed by atoms with E-state index in [9.17, 15) is 4.79 Å². The predicted molar refractivity (Wildman–Crippen MR) is 86.4 cm³/mol. The molecule has 1 unspecified atom stereocenters. The van der Waals surface area contributed by atoms with E-state index in [0.717, 1.165) is 19.4 Å². The van der Waals surface area contributed by atoms with Crippen LogP contribution >= 0.6 is 0 Å². The molecule has 1 aliphatic heterocycles. The summed E-state index contributed by atoms with van der Waals surface area (Å²) in [5.74, 6) is -0.767. The first-order valence-electron chi connectivity index (χ1n) is 8.42. The molecule has 1 heterocycles. The molecule has 1 rings (SSSR count). The molecular weight excluding hydrogens is 264 g/mol. The van der Waals surface area contributed by atoms with Crippen LogP contribution in [0.25, 0.3) is 0 Å². The zero-order chi connectivity index (χ0) is 15.2. The van der Waals surface area contributed by atoms with Crippen LogP contribution in [0, 0.1) is 0 Å². The van der Waals surface area contributed by atoms with E-state index < -0.39 is 5.97 Å². The molecule has 3 heteroatoms. The molecule has 0 aliphatic carbocycles. The van der Waals surface area contributed by atoms with Gasteiger partial charge in [-0.1, -0.05) is 62.8 Å². The lowest BCUT2D eigenvalue weighted by Gasteiger charge is -2.00. The number of allylic oxidation sites excluding steroid dienone is 3. The third kappa shape index (κ3) is 13.6. The first-order valence-corrected chi connectivity index (χ1v) is 8.42. The summed E-state index contributed by atoms with van der Waals surface area (Å²) < 4.78 is 5.20. The lowest BCUT2D eigenvalue weighted by Crippen LogP contribution is -1.89. The number of carbonyl (C=O) groups is 1. The Morgan fingerprint density at radius 1 is 0.952 bits per heavy atom. The van der Waals surface area contributed by atoms with E-state index in [4.69, 9.17) is 9.84 Å². The van der Waals surface area contributed by atoms with Gasteiger partial charge in [-0.15, -0.1) is 0 Å². The molecule has 0 radical (unpaired) electrons. The summed E-state index contributed by atoms with van der Waals surface area (Å²) in [6, 6.07) is 0. The minimum atomic E-state index is -0.767. The Morgan fingerprint density at radius 2 is 1.57 bits per heavy atom. The van der Waals surface area contributed by atoms with Gasteiger partial charge >= 0.3 is 5.97 Å². The van der Waals surface area contributed by atoms with Gasteiger partial charge in [-0.3, -0.25) is 4.79 Å². The van der Waals surface area contributed by atoms with E-state index in [1.807, 2.05) is 6.08 Å². The standard InChI is InChI=1S/C18H30O3/c19-18(20)15-13-11-9-7-5-3-1-2-4-6-8-10-12-14-17-16-21-17/h5,7,11,13,17H,1-4,6,8-10,12,14-16H2,(H,19,20). The molecule has 0 spiro atoms. The second-order valence-corrected chi connectivity index (χ2v) is 5.78. The van der Waals surface area contributed by atoms with E-state index in [1.165, 1.54) is 51.4 Å². The first kappa shape index (κ1) is 18.0. The van der Waals surface area contributed by atoms with Gasteiger partial charge in [-0.2, -0.15) is 0 Å². The van der Waals surface area contributed by atoms with Crippen LogP contribution in [0.4, 0.5) is 0 Å². The number of hydrogen-bond acceptors (Lipinski definition) is 2. The van der Waals surface area contributed by atoms with Crippen molar-refractivity contribution in [1.82, 2.24) is 0 Å². The van der Waals surface area contributed by atoms with Crippen LogP contribution in [0.5, 0.6) is 0 Å². The highest BCUT2D eigenvalue weighted by atomic mass is 16.6. The van der Waals surface area contributed by atoms with Crippen molar-refractivity contribution in [2.75, 3.05) is 6.61 Å². The summed E-state index contributed by atoms with van der Waals surface area (Å²) in [7, 11) is 0. The lowest BCUT2D eigenvalue weighted by molar-refractivity contribution is -0.136. The van der Waals surface area contributed by atoms with Crippen molar-refractivity contribution in [2.24, 2.45) is 0 Å². The number of hydrogen-bond donors (Lipinski definition) is 1. The second-order valence-electron chi connectivity index (χ2n) is 5.78. The minimum Gasteiger partial charge on any atom is -0.481 e. The molecule has 0 amide bonds. The van der Waals surface area contributed by atoms with Crippen molar-refractivity contribution in [1.29, 1.82) is 0 Å². The summed E-state index contributed by atoms with van der Waals surface area (Å²) in [6.45, 7) is 1.00. The number of ether oxygens (including phenoxy) is 1. The van der Waals surface area contributed by atoms with Crippen LogP contribution in [0.2, 0.25) is 0 Å². The van der Waals surface area contributed by atoms with E-state index in [0.29, 0.717) is 6.10 Å². The van der Waals surface area contributed by atoms with E-state index in [-0.39, 0.29) is 6.42 Å². The number of rotatable bonds is 14. The lowest BCUT2D eigenvalue weighted by atomic mass is 10.1. The Balaban J connectivity index is 1.73. The van der Waals surface area contributed by atoms with Crippen molar-refractivity contribution in [3.05, 3.63) is 24.3 Å². The SMILES string of the molecule is O=C(O)CC=CCC=CCCCCCCCCCC1CO1. The second kappa shape index (κ2) is 12.6. The summed E-state index contributed by atoms with van der Waals surface area (Å²) in [5.41, 5.74) is 0. The van der Waals surface area contributed by atoms with Crippen LogP contribution in [-0.4, -0.2) is 23.8 Å². The molecule has 120 valence electrons. The third-order valence-electron chi connectivity index (χ3n) is 3.70. The molecular formula is C18H30O3. The largest absolute Gasteiger partial charge is 0.481 e. The molecule has 0 aromatic rings. The Morgan fingerprint density at radius 3 is 2.24 bits per heavy atom. The Bertz CT molecular complexity index is 316. The molecule has 1 atom stereocenters. The first-order chi connectivity index (χ1) is 10.3. The predicted octanol–water partition coefficient (Wildman–Crippen LogP) is 4.87.